The van der Waals surface area contributed by atoms with E-state index >= 15 is 0 Å². The Kier molecular flexibility index (Phi) is 5.50. The molecule has 134 valence electrons. The monoisotopic (exact) mass is 364 g/mol. The van der Waals surface area contributed by atoms with E-state index in [4.69, 9.17) is 16.3 Å². The number of ether oxygens (including phenoxy) is 1. The number of nitrogens with one attached hydrogen (secondary N) is 1. The summed E-state index contributed by atoms with van der Waals surface area (Å²) in [5.74, 6) is 0.850. The summed E-state index contributed by atoms with van der Waals surface area (Å²) in [6.07, 6.45) is 3.56. The maximum absolute atomic E-state index is 13.0. The molecular weight excluding hydrogens is 344 g/mol. The molecule has 9 heteroatoms. The molecule has 2 heterocycles. The minimum absolute atomic E-state index is 0.0668. The molecule has 25 heavy (non-hydrogen) atoms. The number of hydrogen-bond donors (Lipinski definition) is 1. The molecule has 0 saturated carbocycles. The summed E-state index contributed by atoms with van der Waals surface area (Å²) < 4.78 is 6.86. The van der Waals surface area contributed by atoms with E-state index in [2.05, 4.69) is 20.8 Å². The Balaban J connectivity index is 1.88. The third-order valence-corrected chi connectivity index (χ3v) is 4.70. The summed E-state index contributed by atoms with van der Waals surface area (Å²) in [7, 11) is 3.46. The summed E-state index contributed by atoms with van der Waals surface area (Å²) in [4.78, 5) is 14.9. The van der Waals surface area contributed by atoms with Crippen molar-refractivity contribution < 1.29 is 9.53 Å². The lowest BCUT2D eigenvalue weighted by Gasteiger charge is -2.33. The molecule has 3 rings (SSSR count). The van der Waals surface area contributed by atoms with Crippen LogP contribution in [0.1, 0.15) is 23.2 Å². The second kappa shape index (κ2) is 7.79. The molecule has 0 unspecified atom stereocenters. The smallest absolute Gasteiger partial charge is 0.257 e. The molecule has 1 atom stereocenters. The van der Waals surface area contributed by atoms with Gasteiger partial charge in [-0.2, -0.15) is 4.68 Å². The lowest BCUT2D eigenvalue weighted by atomic mass is 9.97. The zero-order valence-electron chi connectivity index (χ0n) is 14.3. The fourth-order valence-electron chi connectivity index (χ4n) is 3.20. The van der Waals surface area contributed by atoms with Gasteiger partial charge in [0.05, 0.1) is 23.4 Å². The van der Waals surface area contributed by atoms with E-state index in [0.29, 0.717) is 27.9 Å². The number of carbonyl (C=O) groups excluding carboxylic acids is 1. The number of methoxy groups -OCH3 is 1. The van der Waals surface area contributed by atoms with Gasteiger partial charge in [0.15, 0.2) is 0 Å². The fourth-order valence-corrected chi connectivity index (χ4v) is 3.45. The summed E-state index contributed by atoms with van der Waals surface area (Å²) in [6.45, 7) is 2.38. The first-order valence-corrected chi connectivity index (χ1v) is 8.56. The normalized spacial score (nSPS) is 17.6. The van der Waals surface area contributed by atoms with Crippen LogP contribution in [0.3, 0.4) is 0 Å². The number of nitrogens with zero attached hydrogens (tertiary/aromatic N) is 5. The van der Waals surface area contributed by atoms with E-state index in [0.717, 1.165) is 32.5 Å². The van der Waals surface area contributed by atoms with Crippen LogP contribution in [0, 0.1) is 5.92 Å². The van der Waals surface area contributed by atoms with Gasteiger partial charge in [0.2, 0.25) is 0 Å². The summed E-state index contributed by atoms with van der Waals surface area (Å²) >= 11 is 6.36. The Morgan fingerprint density at radius 2 is 2.32 bits per heavy atom. The standard InChI is InChI=1S/C16H21ClN6O2/c1-18-8-11-4-3-5-22(9-11)16(24)12-6-13(17)14(7-15(12)25-2)23-10-19-20-21-23/h6-7,10-11,18H,3-5,8-9H2,1-2H3/t11-/m0/s1. The largest absolute Gasteiger partial charge is 0.496 e. The van der Waals surface area contributed by atoms with Crippen LogP contribution in [0.25, 0.3) is 5.69 Å². The molecule has 1 N–H and O–H groups in total. The molecule has 0 radical (unpaired) electrons. The average Bonchev–Trinajstić information content (AvgIpc) is 3.16. The van der Waals surface area contributed by atoms with Gasteiger partial charge in [-0.05, 0) is 48.8 Å². The lowest BCUT2D eigenvalue weighted by Crippen LogP contribution is -2.42. The summed E-state index contributed by atoms with van der Waals surface area (Å²) in [5, 5.41) is 14.6. The van der Waals surface area contributed by atoms with Crippen LogP contribution in [0.5, 0.6) is 5.75 Å². The number of halogens is 1. The number of tetrazole rings is 1. The Morgan fingerprint density at radius 3 is 3.00 bits per heavy atom. The van der Waals surface area contributed by atoms with Gasteiger partial charge in [-0.25, -0.2) is 0 Å². The second-order valence-electron chi connectivity index (χ2n) is 6.08. The molecule has 1 aliphatic heterocycles. The van der Waals surface area contributed by atoms with Crippen molar-refractivity contribution in [3.63, 3.8) is 0 Å². The van der Waals surface area contributed by atoms with Gasteiger partial charge in [-0.15, -0.1) is 5.10 Å². The van der Waals surface area contributed by atoms with Crippen molar-refractivity contribution >= 4 is 17.5 Å². The Morgan fingerprint density at radius 1 is 1.48 bits per heavy atom. The Labute approximate surface area is 151 Å². The van der Waals surface area contributed by atoms with Gasteiger partial charge in [0.25, 0.3) is 5.91 Å². The first-order chi connectivity index (χ1) is 12.1. The number of hydrogen-bond acceptors (Lipinski definition) is 6. The van der Waals surface area contributed by atoms with Gasteiger partial charge in [-0.1, -0.05) is 11.6 Å². The van der Waals surface area contributed by atoms with E-state index in [1.54, 1.807) is 12.1 Å². The van der Waals surface area contributed by atoms with Crippen molar-refractivity contribution in [2.45, 2.75) is 12.8 Å². The first kappa shape index (κ1) is 17.6. The minimum Gasteiger partial charge on any atom is -0.496 e. The number of rotatable bonds is 5. The number of likely N-dealkylation sites (tertiary alicyclic amines) is 1. The van der Waals surface area contributed by atoms with E-state index in [9.17, 15) is 4.79 Å². The third-order valence-electron chi connectivity index (χ3n) is 4.39. The fraction of sp³-hybridized carbons (Fsp3) is 0.500. The molecule has 2 aromatic rings. The molecule has 1 aromatic heterocycles. The highest BCUT2D eigenvalue weighted by Gasteiger charge is 2.27. The predicted molar refractivity (Wildman–Crippen MR) is 93.3 cm³/mol. The van der Waals surface area contributed by atoms with Crippen LogP contribution in [0.15, 0.2) is 18.5 Å². The number of aromatic nitrogens is 4. The van der Waals surface area contributed by atoms with Crippen molar-refractivity contribution in [3.8, 4) is 11.4 Å². The molecule has 1 saturated heterocycles. The number of amides is 1. The molecule has 1 fully saturated rings. The maximum atomic E-state index is 13.0. The van der Waals surface area contributed by atoms with Gasteiger partial charge in [0, 0.05) is 19.2 Å². The molecule has 0 bridgehead atoms. The van der Waals surface area contributed by atoms with Crippen LogP contribution < -0.4 is 10.1 Å². The molecular formula is C16H21ClN6O2. The first-order valence-electron chi connectivity index (χ1n) is 8.18. The average molecular weight is 365 g/mol. The zero-order chi connectivity index (χ0) is 17.8. The van der Waals surface area contributed by atoms with Crippen molar-refractivity contribution in [1.82, 2.24) is 30.4 Å². The van der Waals surface area contributed by atoms with E-state index in [-0.39, 0.29) is 5.91 Å². The number of carbonyl (C=O) groups is 1. The second-order valence-corrected chi connectivity index (χ2v) is 6.48. The summed E-state index contributed by atoms with van der Waals surface area (Å²) in [5.41, 5.74) is 1.02. The van der Waals surface area contributed by atoms with Crippen LogP contribution in [-0.2, 0) is 0 Å². The SMILES string of the molecule is CNC[C@@H]1CCCN(C(=O)c2cc(Cl)c(-n3cnnn3)cc2OC)C1. The van der Waals surface area contributed by atoms with Gasteiger partial charge in [0.1, 0.15) is 12.1 Å². The van der Waals surface area contributed by atoms with Crippen molar-refractivity contribution in [1.29, 1.82) is 0 Å². The highest BCUT2D eigenvalue weighted by atomic mass is 35.5. The third kappa shape index (κ3) is 3.74. The molecule has 0 aliphatic carbocycles. The van der Waals surface area contributed by atoms with Crippen molar-refractivity contribution in [2.75, 3.05) is 33.8 Å². The molecule has 1 amide bonds. The number of piperidine rings is 1. The number of benzene rings is 1. The van der Waals surface area contributed by atoms with Crippen LogP contribution in [0.2, 0.25) is 5.02 Å². The van der Waals surface area contributed by atoms with Crippen molar-refractivity contribution in [2.24, 2.45) is 5.92 Å². The van der Waals surface area contributed by atoms with Crippen LogP contribution >= 0.6 is 11.6 Å². The van der Waals surface area contributed by atoms with Gasteiger partial charge in [-0.3, -0.25) is 4.79 Å². The zero-order valence-corrected chi connectivity index (χ0v) is 15.0. The Hall–Kier alpha value is -2.19. The molecule has 0 spiro atoms. The van der Waals surface area contributed by atoms with E-state index in [1.807, 2.05) is 11.9 Å². The quantitative estimate of drug-likeness (QED) is 0.863. The maximum Gasteiger partial charge on any atom is 0.257 e. The van der Waals surface area contributed by atoms with E-state index in [1.165, 1.54) is 18.1 Å². The van der Waals surface area contributed by atoms with Crippen molar-refractivity contribution in [3.05, 3.63) is 29.0 Å². The minimum atomic E-state index is -0.0668. The highest BCUT2D eigenvalue weighted by Crippen LogP contribution is 2.31. The van der Waals surface area contributed by atoms with Gasteiger partial charge >= 0.3 is 0 Å². The van der Waals surface area contributed by atoms with E-state index < -0.39 is 0 Å². The van der Waals surface area contributed by atoms with Gasteiger partial charge < -0.3 is 15.0 Å². The van der Waals surface area contributed by atoms with Crippen LogP contribution in [0.4, 0.5) is 0 Å². The Bertz CT molecular complexity index is 734. The summed E-state index contributed by atoms with van der Waals surface area (Å²) in [6, 6.07) is 3.31. The molecule has 1 aliphatic rings. The molecule has 1 aromatic carbocycles. The van der Waals surface area contributed by atoms with Crippen LogP contribution in [-0.4, -0.2) is 64.8 Å². The topological polar surface area (TPSA) is 85.2 Å². The molecule has 8 nitrogen and oxygen atoms in total. The lowest BCUT2D eigenvalue weighted by molar-refractivity contribution is 0.0671. The highest BCUT2D eigenvalue weighted by molar-refractivity contribution is 6.33. The predicted octanol–water partition coefficient (Wildman–Crippen LogP) is 1.40.